The summed E-state index contributed by atoms with van der Waals surface area (Å²) >= 11 is 0. The van der Waals surface area contributed by atoms with Gasteiger partial charge in [0.05, 0.1) is 24.5 Å². The van der Waals surface area contributed by atoms with Crippen molar-refractivity contribution in [3.8, 4) is 5.75 Å². The van der Waals surface area contributed by atoms with E-state index in [0.717, 1.165) is 33.7 Å². The van der Waals surface area contributed by atoms with Crippen LogP contribution < -0.4 is 4.74 Å². The van der Waals surface area contributed by atoms with E-state index >= 15 is 0 Å². The summed E-state index contributed by atoms with van der Waals surface area (Å²) in [6.07, 6.45) is 2.33. The fraction of sp³-hybridized carbons (Fsp3) is 0.207. The third-order valence-corrected chi connectivity index (χ3v) is 6.33. The predicted octanol–water partition coefficient (Wildman–Crippen LogP) is 4.69. The maximum atomic E-state index is 13.1. The molecule has 1 atom stereocenters. The van der Waals surface area contributed by atoms with Crippen molar-refractivity contribution < 1.29 is 14.6 Å². The molecule has 1 aromatic heterocycles. The van der Waals surface area contributed by atoms with Crippen LogP contribution in [0.5, 0.6) is 5.75 Å². The monoisotopic (exact) mass is 465 g/mol. The van der Waals surface area contributed by atoms with Gasteiger partial charge in [0.1, 0.15) is 18.1 Å². The number of amides is 1. The summed E-state index contributed by atoms with van der Waals surface area (Å²) in [6, 6.07) is 25.8. The molecule has 6 heteroatoms. The zero-order chi connectivity index (χ0) is 24.2. The van der Waals surface area contributed by atoms with Crippen LogP contribution in [0.4, 0.5) is 0 Å². The molecule has 4 aromatic rings. The molecule has 5 rings (SSSR count). The van der Waals surface area contributed by atoms with Gasteiger partial charge in [-0.3, -0.25) is 9.78 Å². The maximum Gasteiger partial charge on any atom is 0.274 e. The molecule has 1 N–H and O–H groups in total. The second-order valence-electron chi connectivity index (χ2n) is 8.73. The summed E-state index contributed by atoms with van der Waals surface area (Å²) in [6.45, 7) is 3.03. The Bertz CT molecular complexity index is 1250. The van der Waals surface area contributed by atoms with Gasteiger partial charge < -0.3 is 14.7 Å². The highest BCUT2D eigenvalue weighted by Gasteiger charge is 2.27. The molecule has 0 aliphatic carbocycles. The van der Waals surface area contributed by atoms with Crippen molar-refractivity contribution in [2.45, 2.75) is 25.5 Å². The number of rotatable bonds is 5. The van der Waals surface area contributed by atoms with Gasteiger partial charge in [-0.15, -0.1) is 0 Å². The van der Waals surface area contributed by atoms with Gasteiger partial charge in [0, 0.05) is 24.2 Å². The lowest BCUT2D eigenvalue weighted by atomic mass is 9.83. The normalized spacial score (nSPS) is 14.1. The fourth-order valence-corrected chi connectivity index (χ4v) is 4.51. The number of carbonyl (C=O) groups excluding carboxylic acids is 1. The lowest BCUT2D eigenvalue weighted by molar-refractivity contribution is 0.0726. The van der Waals surface area contributed by atoms with Crippen LogP contribution in [-0.4, -0.2) is 39.0 Å². The molecule has 35 heavy (non-hydrogen) atoms. The number of hydrogen-bond acceptors (Lipinski definition) is 5. The number of aryl methyl sites for hydroxylation is 1. The smallest absolute Gasteiger partial charge is 0.274 e. The molecule has 1 aliphatic heterocycles. The van der Waals surface area contributed by atoms with Gasteiger partial charge in [-0.05, 0) is 35.7 Å². The van der Waals surface area contributed by atoms with Crippen molar-refractivity contribution in [2.75, 3.05) is 13.2 Å². The summed E-state index contributed by atoms with van der Waals surface area (Å²) in [5.41, 5.74) is 4.76. The van der Waals surface area contributed by atoms with E-state index in [1.165, 1.54) is 6.20 Å². The summed E-state index contributed by atoms with van der Waals surface area (Å²) in [7, 11) is 0. The highest BCUT2D eigenvalue weighted by molar-refractivity contribution is 5.92. The molecule has 0 spiro atoms. The van der Waals surface area contributed by atoms with Crippen molar-refractivity contribution >= 4 is 5.91 Å². The number of nitrogens with zero attached hydrogens (tertiary/aromatic N) is 3. The molecule has 0 bridgehead atoms. The molecule has 0 fully saturated rings. The minimum Gasteiger partial charge on any atom is -0.491 e. The number of aliphatic hydroxyl groups is 1. The van der Waals surface area contributed by atoms with Crippen molar-refractivity contribution in [3.05, 3.63) is 125 Å². The van der Waals surface area contributed by atoms with Crippen LogP contribution in [0, 0.1) is 6.92 Å². The van der Waals surface area contributed by atoms with Crippen LogP contribution in [-0.2, 0) is 6.54 Å². The molecule has 0 saturated carbocycles. The second-order valence-corrected chi connectivity index (χ2v) is 8.73. The Morgan fingerprint density at radius 2 is 1.60 bits per heavy atom. The van der Waals surface area contributed by atoms with Crippen LogP contribution in [0.25, 0.3) is 0 Å². The number of carbonyl (C=O) groups is 1. The van der Waals surface area contributed by atoms with Crippen LogP contribution >= 0.6 is 0 Å². The van der Waals surface area contributed by atoms with Crippen molar-refractivity contribution in [1.82, 2.24) is 14.9 Å². The Morgan fingerprint density at radius 1 is 0.914 bits per heavy atom. The lowest BCUT2D eigenvalue weighted by Gasteiger charge is -2.25. The highest BCUT2D eigenvalue weighted by atomic mass is 16.5. The first kappa shape index (κ1) is 22.7. The molecule has 1 aliphatic rings. The van der Waals surface area contributed by atoms with Gasteiger partial charge >= 0.3 is 0 Å². The summed E-state index contributed by atoms with van der Waals surface area (Å²) < 4.78 is 5.94. The average Bonchev–Trinajstić information content (AvgIpc) is 3.12. The molecular weight excluding hydrogens is 438 g/mol. The fourth-order valence-electron chi connectivity index (χ4n) is 4.51. The molecule has 1 unspecified atom stereocenters. The van der Waals surface area contributed by atoms with Crippen molar-refractivity contribution in [2.24, 2.45) is 0 Å². The van der Waals surface area contributed by atoms with Crippen LogP contribution in [0.1, 0.15) is 50.5 Å². The van der Waals surface area contributed by atoms with E-state index in [1.54, 1.807) is 11.1 Å². The standard InChI is InChI=1S/C29H27N3O3/c1-20-17-31-25(18-30-20)29(34)32-14-15-35-26-13-12-23(16-24(26)19-32)28(33)27(21-8-4-2-5-9-21)22-10-6-3-7-11-22/h2-13,16-18,27-28,33H,14-15,19H2,1H3. The summed E-state index contributed by atoms with van der Waals surface area (Å²) in [5, 5.41) is 11.6. The van der Waals surface area contributed by atoms with E-state index < -0.39 is 6.10 Å². The molecule has 3 aromatic carbocycles. The molecular formula is C29H27N3O3. The Labute approximate surface area is 204 Å². The largest absolute Gasteiger partial charge is 0.491 e. The first-order chi connectivity index (χ1) is 17.1. The number of benzene rings is 3. The molecule has 0 radical (unpaired) electrons. The quantitative estimate of drug-likeness (QED) is 0.463. The van der Waals surface area contributed by atoms with Gasteiger partial charge in [0.25, 0.3) is 5.91 Å². The number of aromatic nitrogens is 2. The zero-order valence-corrected chi connectivity index (χ0v) is 19.5. The first-order valence-electron chi connectivity index (χ1n) is 11.7. The van der Waals surface area contributed by atoms with Gasteiger partial charge in [0.2, 0.25) is 0 Å². The molecule has 2 heterocycles. The molecule has 0 saturated heterocycles. The van der Waals surface area contributed by atoms with E-state index in [4.69, 9.17) is 4.74 Å². The Kier molecular flexibility index (Phi) is 6.55. The van der Waals surface area contributed by atoms with Gasteiger partial charge in [0.15, 0.2) is 0 Å². The SMILES string of the molecule is Cc1cnc(C(=O)N2CCOc3ccc(C(O)C(c4ccccc4)c4ccccc4)cc3C2)cn1. The van der Waals surface area contributed by atoms with Gasteiger partial charge in [-0.25, -0.2) is 4.98 Å². The van der Waals surface area contributed by atoms with E-state index in [0.29, 0.717) is 25.4 Å². The maximum absolute atomic E-state index is 13.1. The summed E-state index contributed by atoms with van der Waals surface area (Å²) in [5.74, 6) is 0.302. The Morgan fingerprint density at radius 3 is 2.23 bits per heavy atom. The van der Waals surface area contributed by atoms with E-state index in [1.807, 2.05) is 85.8 Å². The van der Waals surface area contributed by atoms with Crippen molar-refractivity contribution in [1.29, 1.82) is 0 Å². The lowest BCUT2D eigenvalue weighted by Crippen LogP contribution is -2.33. The number of hydrogen-bond donors (Lipinski definition) is 1. The third-order valence-electron chi connectivity index (χ3n) is 6.33. The average molecular weight is 466 g/mol. The minimum atomic E-state index is -0.777. The van der Waals surface area contributed by atoms with Gasteiger partial charge in [-0.1, -0.05) is 66.7 Å². The number of fused-ring (bicyclic) bond motifs is 1. The van der Waals surface area contributed by atoms with Gasteiger partial charge in [-0.2, -0.15) is 0 Å². The summed E-state index contributed by atoms with van der Waals surface area (Å²) in [4.78, 5) is 23.2. The zero-order valence-electron chi connectivity index (χ0n) is 19.5. The van der Waals surface area contributed by atoms with Crippen molar-refractivity contribution in [3.63, 3.8) is 0 Å². The Hall–Kier alpha value is -4.03. The molecule has 6 nitrogen and oxygen atoms in total. The molecule has 176 valence electrons. The van der Waals surface area contributed by atoms with Crippen LogP contribution in [0.2, 0.25) is 0 Å². The van der Waals surface area contributed by atoms with E-state index in [2.05, 4.69) is 9.97 Å². The minimum absolute atomic E-state index is 0.189. The molecule has 1 amide bonds. The number of aliphatic hydroxyl groups excluding tert-OH is 1. The Balaban J connectivity index is 1.46. The third kappa shape index (κ3) is 4.93. The number of ether oxygens (including phenoxy) is 1. The first-order valence-corrected chi connectivity index (χ1v) is 11.7. The second kappa shape index (κ2) is 10.1. The predicted molar refractivity (Wildman–Crippen MR) is 133 cm³/mol. The highest BCUT2D eigenvalue weighted by Crippen LogP contribution is 2.38. The topological polar surface area (TPSA) is 75.6 Å². The van der Waals surface area contributed by atoms with E-state index in [9.17, 15) is 9.90 Å². The van der Waals surface area contributed by atoms with Crippen LogP contribution in [0.3, 0.4) is 0 Å². The van der Waals surface area contributed by atoms with E-state index in [-0.39, 0.29) is 11.8 Å². The van der Waals surface area contributed by atoms with Crippen LogP contribution in [0.15, 0.2) is 91.3 Å².